The maximum Gasteiger partial charge on any atom is 0.148 e. The number of methoxy groups -OCH3 is 2. The van der Waals surface area contributed by atoms with Crippen LogP contribution in [-0.4, -0.2) is 40.3 Å². The monoisotopic (exact) mass is 193 g/mol. The molecule has 0 saturated heterocycles. The Hall–Kier alpha value is -0.200. The van der Waals surface area contributed by atoms with Crippen LogP contribution in [0.15, 0.2) is 0 Å². The second-order valence-electron chi connectivity index (χ2n) is 2.60. The van der Waals surface area contributed by atoms with E-state index in [9.17, 15) is 0 Å². The van der Waals surface area contributed by atoms with Gasteiger partial charge < -0.3 is 18.9 Å². The maximum atomic E-state index is 5.19. The predicted molar refractivity (Wildman–Crippen MR) is 48.0 cm³/mol. The molecule has 0 spiro atoms. The van der Waals surface area contributed by atoms with Crippen LogP contribution in [0.5, 0.6) is 0 Å². The Morgan fingerprint density at radius 1 is 0.923 bits per heavy atom. The molecule has 2 atom stereocenters. The summed E-state index contributed by atoms with van der Waals surface area (Å²) in [5.74, 6) is 0. The molecule has 0 aromatic carbocycles. The van der Waals surface area contributed by atoms with Crippen LogP contribution in [-0.2, 0) is 18.9 Å². The standard InChI is InChI=1S/C8H19NO4/c1-7(12-5-10-3)9-8(2)13-6-11-4/h7-9H,5-6H2,1-4H3. The topological polar surface area (TPSA) is 49.0 Å². The molecule has 13 heavy (non-hydrogen) atoms. The van der Waals surface area contributed by atoms with Crippen LogP contribution in [0.25, 0.3) is 0 Å². The third kappa shape index (κ3) is 8.14. The number of hydrogen-bond donors (Lipinski definition) is 1. The van der Waals surface area contributed by atoms with E-state index < -0.39 is 0 Å². The Labute approximate surface area is 79.3 Å². The molecule has 1 N–H and O–H groups in total. The molecule has 0 saturated carbocycles. The normalized spacial score (nSPS) is 15.7. The fourth-order valence-corrected chi connectivity index (χ4v) is 0.767. The molecule has 0 bridgehead atoms. The van der Waals surface area contributed by atoms with Gasteiger partial charge in [0.15, 0.2) is 0 Å². The molecule has 0 heterocycles. The van der Waals surface area contributed by atoms with Crippen molar-refractivity contribution in [3.8, 4) is 0 Å². The molecular formula is C8H19NO4. The molecule has 0 aliphatic rings. The molecule has 0 amide bonds. The first kappa shape index (κ1) is 12.8. The zero-order valence-corrected chi connectivity index (χ0v) is 8.70. The zero-order chi connectivity index (χ0) is 10.1. The number of ether oxygens (including phenoxy) is 4. The van der Waals surface area contributed by atoms with E-state index in [1.807, 2.05) is 13.8 Å². The Kier molecular flexibility index (Phi) is 8.27. The summed E-state index contributed by atoms with van der Waals surface area (Å²) >= 11 is 0. The highest BCUT2D eigenvalue weighted by atomic mass is 16.7. The summed E-state index contributed by atoms with van der Waals surface area (Å²) in [6.45, 7) is 4.30. The van der Waals surface area contributed by atoms with Crippen molar-refractivity contribution in [3.63, 3.8) is 0 Å². The summed E-state index contributed by atoms with van der Waals surface area (Å²) < 4.78 is 19.9. The van der Waals surface area contributed by atoms with Crippen molar-refractivity contribution in [1.82, 2.24) is 5.32 Å². The SMILES string of the molecule is COCOC(C)NC(C)OCOC. The fraction of sp³-hybridized carbons (Fsp3) is 1.00. The molecule has 5 nitrogen and oxygen atoms in total. The van der Waals surface area contributed by atoms with Gasteiger partial charge in [0.25, 0.3) is 0 Å². The van der Waals surface area contributed by atoms with Gasteiger partial charge in [-0.25, -0.2) is 0 Å². The maximum absolute atomic E-state index is 5.19. The second kappa shape index (κ2) is 8.40. The first-order chi connectivity index (χ1) is 6.20. The quantitative estimate of drug-likeness (QED) is 0.569. The van der Waals surface area contributed by atoms with E-state index in [2.05, 4.69) is 5.32 Å². The molecule has 0 aromatic rings. The van der Waals surface area contributed by atoms with Gasteiger partial charge in [-0.05, 0) is 13.8 Å². The van der Waals surface area contributed by atoms with Crippen LogP contribution < -0.4 is 5.32 Å². The molecule has 0 aliphatic heterocycles. The van der Waals surface area contributed by atoms with Gasteiger partial charge in [-0.1, -0.05) is 0 Å². The lowest BCUT2D eigenvalue weighted by Crippen LogP contribution is -2.38. The van der Waals surface area contributed by atoms with E-state index >= 15 is 0 Å². The minimum absolute atomic E-state index is 0.105. The number of rotatable bonds is 8. The summed E-state index contributed by atoms with van der Waals surface area (Å²) in [5, 5.41) is 3.04. The van der Waals surface area contributed by atoms with E-state index in [0.29, 0.717) is 0 Å². The van der Waals surface area contributed by atoms with Crippen molar-refractivity contribution in [2.75, 3.05) is 27.8 Å². The van der Waals surface area contributed by atoms with Crippen molar-refractivity contribution in [2.24, 2.45) is 0 Å². The number of hydrogen-bond acceptors (Lipinski definition) is 5. The van der Waals surface area contributed by atoms with Crippen molar-refractivity contribution >= 4 is 0 Å². The van der Waals surface area contributed by atoms with Crippen molar-refractivity contribution in [3.05, 3.63) is 0 Å². The molecule has 0 fully saturated rings. The summed E-state index contributed by atoms with van der Waals surface area (Å²) in [6.07, 6.45) is -0.210. The summed E-state index contributed by atoms with van der Waals surface area (Å²) in [4.78, 5) is 0. The molecule has 2 unspecified atom stereocenters. The van der Waals surface area contributed by atoms with E-state index in [4.69, 9.17) is 18.9 Å². The van der Waals surface area contributed by atoms with E-state index in [-0.39, 0.29) is 26.0 Å². The fourth-order valence-electron chi connectivity index (χ4n) is 0.767. The van der Waals surface area contributed by atoms with E-state index in [0.717, 1.165) is 0 Å². The third-order valence-corrected chi connectivity index (χ3v) is 1.34. The first-order valence-corrected chi connectivity index (χ1v) is 4.17. The summed E-state index contributed by atoms with van der Waals surface area (Å²) in [6, 6.07) is 0. The van der Waals surface area contributed by atoms with Crippen molar-refractivity contribution in [2.45, 2.75) is 26.3 Å². The van der Waals surface area contributed by atoms with Crippen LogP contribution in [0.3, 0.4) is 0 Å². The van der Waals surface area contributed by atoms with Gasteiger partial charge in [0.1, 0.15) is 26.0 Å². The molecule has 0 aliphatic carbocycles. The lowest BCUT2D eigenvalue weighted by Gasteiger charge is -2.19. The van der Waals surface area contributed by atoms with Gasteiger partial charge >= 0.3 is 0 Å². The van der Waals surface area contributed by atoms with Gasteiger partial charge in [0.05, 0.1) is 0 Å². The van der Waals surface area contributed by atoms with Gasteiger partial charge in [0, 0.05) is 14.2 Å². The Morgan fingerprint density at radius 2 is 1.31 bits per heavy atom. The van der Waals surface area contributed by atoms with Gasteiger partial charge in [-0.15, -0.1) is 0 Å². The Balaban J connectivity index is 3.35. The lowest BCUT2D eigenvalue weighted by atomic mass is 10.5. The Morgan fingerprint density at radius 3 is 1.62 bits per heavy atom. The van der Waals surface area contributed by atoms with Crippen LogP contribution in [0, 0.1) is 0 Å². The highest BCUT2D eigenvalue weighted by Gasteiger charge is 2.06. The molecule has 5 heteroatoms. The minimum Gasteiger partial charge on any atom is -0.359 e. The average Bonchev–Trinajstić information content (AvgIpc) is 2.11. The highest BCUT2D eigenvalue weighted by Crippen LogP contribution is 1.91. The lowest BCUT2D eigenvalue weighted by molar-refractivity contribution is -0.122. The molecule has 0 radical (unpaired) electrons. The largest absolute Gasteiger partial charge is 0.359 e. The number of nitrogens with one attached hydrogen (secondary N) is 1. The molecule has 0 aromatic heterocycles. The molecule has 0 rings (SSSR count). The molecule has 80 valence electrons. The first-order valence-electron chi connectivity index (χ1n) is 4.17. The summed E-state index contributed by atoms with van der Waals surface area (Å²) in [7, 11) is 3.16. The summed E-state index contributed by atoms with van der Waals surface area (Å²) in [5.41, 5.74) is 0. The van der Waals surface area contributed by atoms with E-state index in [1.165, 1.54) is 0 Å². The van der Waals surface area contributed by atoms with Crippen LogP contribution >= 0.6 is 0 Å². The van der Waals surface area contributed by atoms with Gasteiger partial charge in [-0.2, -0.15) is 0 Å². The van der Waals surface area contributed by atoms with Crippen LogP contribution in [0.1, 0.15) is 13.8 Å². The predicted octanol–water partition coefficient (Wildman–Crippen LogP) is 0.509. The minimum atomic E-state index is -0.105. The van der Waals surface area contributed by atoms with Crippen LogP contribution in [0.2, 0.25) is 0 Å². The van der Waals surface area contributed by atoms with Gasteiger partial charge in [-0.3, -0.25) is 5.32 Å². The third-order valence-electron chi connectivity index (χ3n) is 1.34. The highest BCUT2D eigenvalue weighted by molar-refractivity contribution is 4.48. The smallest absolute Gasteiger partial charge is 0.148 e. The second-order valence-corrected chi connectivity index (χ2v) is 2.60. The van der Waals surface area contributed by atoms with Gasteiger partial charge in [0.2, 0.25) is 0 Å². The Bertz CT molecular complexity index is 100. The van der Waals surface area contributed by atoms with E-state index in [1.54, 1.807) is 14.2 Å². The zero-order valence-electron chi connectivity index (χ0n) is 8.70. The molecular weight excluding hydrogens is 174 g/mol. The van der Waals surface area contributed by atoms with Crippen LogP contribution in [0.4, 0.5) is 0 Å². The van der Waals surface area contributed by atoms with Crippen molar-refractivity contribution < 1.29 is 18.9 Å². The average molecular weight is 193 g/mol. The van der Waals surface area contributed by atoms with Crippen molar-refractivity contribution in [1.29, 1.82) is 0 Å².